The van der Waals surface area contributed by atoms with Crippen molar-refractivity contribution in [1.29, 1.82) is 5.26 Å². The molecule has 31 heavy (non-hydrogen) atoms. The van der Waals surface area contributed by atoms with Crippen LogP contribution in [0.1, 0.15) is 11.1 Å². The first-order chi connectivity index (χ1) is 15.2. The zero-order valence-electron chi connectivity index (χ0n) is 17.0. The molecule has 0 unspecified atom stereocenters. The summed E-state index contributed by atoms with van der Waals surface area (Å²) < 4.78 is 0. The minimum Gasteiger partial charge on any atom is -0.399 e. The molecule has 0 fully saturated rings. The van der Waals surface area contributed by atoms with E-state index in [1.807, 2.05) is 66.7 Å². The predicted molar refractivity (Wildman–Crippen MR) is 128 cm³/mol. The average Bonchev–Trinajstić information content (AvgIpc) is 2.83. The highest BCUT2D eigenvalue weighted by molar-refractivity contribution is 7.98. The van der Waals surface area contributed by atoms with E-state index in [0.29, 0.717) is 28.0 Å². The summed E-state index contributed by atoms with van der Waals surface area (Å²) in [6.07, 6.45) is 0. The van der Waals surface area contributed by atoms with Crippen molar-refractivity contribution in [3.63, 3.8) is 0 Å². The van der Waals surface area contributed by atoms with Crippen molar-refractivity contribution in [2.45, 2.75) is 10.9 Å². The monoisotopic (exact) mass is 423 g/mol. The number of nitrogens with two attached hydrogens (primary N) is 1. The van der Waals surface area contributed by atoms with Crippen LogP contribution in [0.15, 0.2) is 84.0 Å². The van der Waals surface area contributed by atoms with Crippen molar-refractivity contribution in [2.75, 3.05) is 18.1 Å². The van der Waals surface area contributed by atoms with Gasteiger partial charge in [-0.15, -0.1) is 0 Å². The molecule has 1 heterocycles. The second kappa shape index (κ2) is 9.33. The first-order valence-electron chi connectivity index (χ1n) is 9.81. The van der Waals surface area contributed by atoms with Crippen LogP contribution in [0.25, 0.3) is 22.4 Å². The van der Waals surface area contributed by atoms with Gasteiger partial charge in [0.05, 0.1) is 5.69 Å². The summed E-state index contributed by atoms with van der Waals surface area (Å²) in [5, 5.41) is 13.4. The van der Waals surface area contributed by atoms with E-state index in [2.05, 4.69) is 28.5 Å². The van der Waals surface area contributed by atoms with Gasteiger partial charge >= 0.3 is 0 Å². The smallest absolute Gasteiger partial charge is 0.190 e. The highest BCUT2D eigenvalue weighted by Gasteiger charge is 2.16. The largest absolute Gasteiger partial charge is 0.399 e. The third-order valence-electron chi connectivity index (χ3n) is 4.85. The molecular weight excluding hydrogens is 402 g/mol. The van der Waals surface area contributed by atoms with E-state index in [9.17, 15) is 5.26 Å². The van der Waals surface area contributed by atoms with E-state index in [1.54, 1.807) is 7.05 Å². The summed E-state index contributed by atoms with van der Waals surface area (Å²) in [7, 11) is 1.76. The van der Waals surface area contributed by atoms with Crippen LogP contribution in [0, 0.1) is 11.3 Å². The lowest BCUT2D eigenvalue weighted by Crippen LogP contribution is -2.03. The van der Waals surface area contributed by atoms with Crippen LogP contribution in [0.5, 0.6) is 0 Å². The fourth-order valence-electron chi connectivity index (χ4n) is 3.21. The van der Waals surface area contributed by atoms with Gasteiger partial charge in [-0.3, -0.25) is 0 Å². The molecule has 0 saturated heterocycles. The van der Waals surface area contributed by atoms with Crippen LogP contribution in [0.2, 0.25) is 0 Å². The summed E-state index contributed by atoms with van der Waals surface area (Å²) in [5.41, 5.74) is 11.8. The minimum atomic E-state index is 0.437. The van der Waals surface area contributed by atoms with Gasteiger partial charge in [0, 0.05) is 24.1 Å². The van der Waals surface area contributed by atoms with Gasteiger partial charge in [0.15, 0.2) is 5.16 Å². The van der Waals surface area contributed by atoms with Crippen molar-refractivity contribution >= 4 is 23.3 Å². The van der Waals surface area contributed by atoms with Gasteiger partial charge in [-0.05, 0) is 28.8 Å². The van der Waals surface area contributed by atoms with Gasteiger partial charge in [0.1, 0.15) is 17.5 Å². The van der Waals surface area contributed by atoms with Gasteiger partial charge in [0.2, 0.25) is 0 Å². The molecule has 0 spiro atoms. The van der Waals surface area contributed by atoms with Crippen LogP contribution < -0.4 is 11.1 Å². The maximum absolute atomic E-state index is 9.76. The lowest BCUT2D eigenvalue weighted by molar-refractivity contribution is 0.968. The average molecular weight is 424 g/mol. The van der Waals surface area contributed by atoms with Crippen LogP contribution in [-0.4, -0.2) is 17.0 Å². The number of aromatic nitrogens is 2. The maximum Gasteiger partial charge on any atom is 0.190 e. The second-order valence-corrected chi connectivity index (χ2v) is 7.86. The normalized spacial score (nSPS) is 10.5. The highest BCUT2D eigenvalue weighted by Crippen LogP contribution is 2.31. The van der Waals surface area contributed by atoms with E-state index in [1.165, 1.54) is 11.8 Å². The molecule has 3 N–H and O–H groups in total. The zero-order chi connectivity index (χ0) is 21.6. The third kappa shape index (κ3) is 4.68. The minimum absolute atomic E-state index is 0.437. The number of nitrogens with zero attached hydrogens (tertiary/aromatic N) is 3. The van der Waals surface area contributed by atoms with Crippen LogP contribution in [-0.2, 0) is 5.75 Å². The topological polar surface area (TPSA) is 87.6 Å². The standard InChI is InChI=1S/C25H21N5S/c1-28-24-22(15-26)23(20-11-9-19(10-12-20)18-5-3-2-4-6-18)29-25(30-24)31-16-17-7-13-21(27)14-8-17/h2-14H,16,27H2,1H3,(H,28,29,30). The van der Waals surface area contributed by atoms with Crippen molar-refractivity contribution in [3.8, 4) is 28.5 Å². The number of nitrogen functional groups attached to an aromatic ring is 1. The number of nitriles is 1. The fourth-order valence-corrected chi connectivity index (χ4v) is 4.01. The fraction of sp³-hybridized carbons (Fsp3) is 0.0800. The molecule has 0 amide bonds. The van der Waals surface area contributed by atoms with E-state index in [4.69, 9.17) is 10.7 Å². The number of nitrogens with one attached hydrogen (secondary N) is 1. The Morgan fingerprint density at radius 3 is 2.16 bits per heavy atom. The van der Waals surface area contributed by atoms with Crippen LogP contribution in [0.3, 0.4) is 0 Å². The number of hydrogen-bond acceptors (Lipinski definition) is 6. The molecule has 1 aromatic heterocycles. The molecule has 5 nitrogen and oxygen atoms in total. The lowest BCUT2D eigenvalue weighted by Gasteiger charge is -2.11. The van der Waals surface area contributed by atoms with Gasteiger partial charge in [0.25, 0.3) is 0 Å². The van der Waals surface area contributed by atoms with Gasteiger partial charge < -0.3 is 11.1 Å². The van der Waals surface area contributed by atoms with E-state index in [-0.39, 0.29) is 0 Å². The lowest BCUT2D eigenvalue weighted by atomic mass is 10.0. The Bertz CT molecular complexity index is 1210. The molecular formula is C25H21N5S. The Labute approximate surface area is 186 Å². The summed E-state index contributed by atoms with van der Waals surface area (Å²) in [5.74, 6) is 1.24. The summed E-state index contributed by atoms with van der Waals surface area (Å²) in [4.78, 5) is 9.26. The maximum atomic E-state index is 9.76. The van der Waals surface area contributed by atoms with Crippen LogP contribution >= 0.6 is 11.8 Å². The number of thioether (sulfide) groups is 1. The number of rotatable bonds is 6. The number of anilines is 2. The zero-order valence-corrected chi connectivity index (χ0v) is 17.9. The number of hydrogen-bond donors (Lipinski definition) is 2. The molecule has 0 radical (unpaired) electrons. The Hall–Kier alpha value is -3.82. The van der Waals surface area contributed by atoms with E-state index < -0.39 is 0 Å². The molecule has 0 aliphatic heterocycles. The third-order valence-corrected chi connectivity index (χ3v) is 5.77. The van der Waals surface area contributed by atoms with E-state index in [0.717, 1.165) is 27.9 Å². The molecule has 6 heteroatoms. The summed E-state index contributed by atoms with van der Waals surface area (Å²) in [6.45, 7) is 0. The molecule has 0 atom stereocenters. The first kappa shape index (κ1) is 20.5. The molecule has 4 rings (SSSR count). The Morgan fingerprint density at radius 2 is 1.52 bits per heavy atom. The molecule has 0 aliphatic carbocycles. The van der Waals surface area contributed by atoms with Gasteiger partial charge in [-0.2, -0.15) is 5.26 Å². The van der Waals surface area contributed by atoms with Crippen molar-refractivity contribution in [2.24, 2.45) is 0 Å². The molecule has 0 aliphatic rings. The number of benzene rings is 3. The van der Waals surface area contributed by atoms with Crippen molar-refractivity contribution in [3.05, 3.63) is 90.0 Å². The van der Waals surface area contributed by atoms with E-state index >= 15 is 0 Å². The SMILES string of the molecule is CNc1nc(SCc2ccc(N)cc2)nc(-c2ccc(-c3ccccc3)cc2)c1C#N. The molecule has 0 bridgehead atoms. The molecule has 3 aromatic carbocycles. The Balaban J connectivity index is 1.66. The highest BCUT2D eigenvalue weighted by atomic mass is 32.2. The summed E-state index contributed by atoms with van der Waals surface area (Å²) in [6, 6.07) is 28.3. The Kier molecular flexibility index (Phi) is 6.16. The summed E-state index contributed by atoms with van der Waals surface area (Å²) >= 11 is 1.52. The molecule has 0 saturated carbocycles. The first-order valence-corrected chi connectivity index (χ1v) is 10.8. The molecule has 152 valence electrons. The quantitative estimate of drug-likeness (QED) is 0.238. The predicted octanol–water partition coefficient (Wildman–Crippen LogP) is 5.60. The van der Waals surface area contributed by atoms with Crippen LogP contribution in [0.4, 0.5) is 11.5 Å². The second-order valence-electron chi connectivity index (χ2n) is 6.91. The Morgan fingerprint density at radius 1 is 0.871 bits per heavy atom. The molecule has 4 aromatic rings. The van der Waals surface area contributed by atoms with Gasteiger partial charge in [-0.25, -0.2) is 9.97 Å². The van der Waals surface area contributed by atoms with Gasteiger partial charge in [-0.1, -0.05) is 78.5 Å². The van der Waals surface area contributed by atoms with Crippen molar-refractivity contribution < 1.29 is 0 Å². The van der Waals surface area contributed by atoms with Crippen molar-refractivity contribution in [1.82, 2.24) is 9.97 Å².